The van der Waals surface area contributed by atoms with Crippen LogP contribution >= 0.6 is 0 Å². The number of rotatable bonds is 2. The molecule has 106 valence electrons. The van der Waals surface area contributed by atoms with Gasteiger partial charge in [-0.05, 0) is 6.08 Å². The van der Waals surface area contributed by atoms with Gasteiger partial charge < -0.3 is 4.57 Å². The smallest absolute Gasteiger partial charge is 0.303 e. The van der Waals surface area contributed by atoms with Crippen LogP contribution in [-0.2, 0) is 23.9 Å². The van der Waals surface area contributed by atoms with Crippen LogP contribution in [0.25, 0.3) is 6.08 Å². The molecular formula is C9H9F3N2O4S. The van der Waals surface area contributed by atoms with E-state index < -0.39 is 26.6 Å². The van der Waals surface area contributed by atoms with Crippen LogP contribution in [0.4, 0.5) is 13.2 Å². The van der Waals surface area contributed by atoms with Gasteiger partial charge in [0.25, 0.3) is 15.4 Å². The normalized spacial score (nSPS) is 13.1. The second kappa shape index (κ2) is 4.68. The topological polar surface area (TPSA) is 78.1 Å². The van der Waals surface area contributed by atoms with E-state index in [1.54, 1.807) is 0 Å². The second-order valence-corrected chi connectivity index (χ2v) is 5.46. The van der Waals surface area contributed by atoms with Crippen LogP contribution in [0.2, 0.25) is 0 Å². The lowest BCUT2D eigenvalue weighted by Gasteiger charge is -2.04. The van der Waals surface area contributed by atoms with Gasteiger partial charge in [-0.3, -0.25) is 9.36 Å². The second-order valence-electron chi connectivity index (χ2n) is 3.64. The summed E-state index contributed by atoms with van der Waals surface area (Å²) in [6.45, 7) is 0. The fraction of sp³-hybridized carbons (Fsp3) is 0.333. The van der Waals surface area contributed by atoms with Crippen molar-refractivity contribution in [2.45, 2.75) is 5.51 Å². The maximum Gasteiger partial charge on any atom is 0.501 e. The van der Waals surface area contributed by atoms with Crippen LogP contribution in [0.5, 0.6) is 0 Å². The summed E-state index contributed by atoms with van der Waals surface area (Å²) in [5.74, 6) is 0. The van der Waals surface area contributed by atoms with Crippen molar-refractivity contribution in [3.63, 3.8) is 0 Å². The first-order valence-corrected chi connectivity index (χ1v) is 6.28. The molecular weight excluding hydrogens is 289 g/mol. The van der Waals surface area contributed by atoms with Gasteiger partial charge in [0, 0.05) is 25.7 Å². The lowest BCUT2D eigenvalue weighted by molar-refractivity contribution is -0.0423. The van der Waals surface area contributed by atoms with Crippen molar-refractivity contribution in [1.82, 2.24) is 9.13 Å². The average molecular weight is 298 g/mol. The van der Waals surface area contributed by atoms with E-state index in [0.717, 1.165) is 17.8 Å². The Labute approximate surface area is 105 Å². The Balaban J connectivity index is 3.38. The molecule has 1 rings (SSSR count). The molecule has 0 atom stereocenters. The fourth-order valence-electron chi connectivity index (χ4n) is 1.19. The molecule has 6 nitrogen and oxygen atoms in total. The predicted molar refractivity (Wildman–Crippen MR) is 60.9 cm³/mol. The van der Waals surface area contributed by atoms with E-state index in [9.17, 15) is 31.2 Å². The van der Waals surface area contributed by atoms with Crippen LogP contribution in [0.15, 0.2) is 21.2 Å². The van der Waals surface area contributed by atoms with Crippen molar-refractivity contribution in [1.29, 1.82) is 0 Å². The molecule has 0 aliphatic carbocycles. The van der Waals surface area contributed by atoms with Crippen LogP contribution < -0.4 is 11.2 Å². The molecule has 19 heavy (non-hydrogen) atoms. The number of alkyl halides is 3. The van der Waals surface area contributed by atoms with Crippen molar-refractivity contribution in [2.75, 3.05) is 0 Å². The zero-order valence-electron chi connectivity index (χ0n) is 9.80. The zero-order chi connectivity index (χ0) is 15.0. The third-order valence-electron chi connectivity index (χ3n) is 2.22. The number of halogens is 3. The van der Waals surface area contributed by atoms with Crippen molar-refractivity contribution in [2.24, 2.45) is 14.1 Å². The van der Waals surface area contributed by atoms with E-state index in [1.165, 1.54) is 7.05 Å². The molecule has 0 radical (unpaired) electrons. The summed E-state index contributed by atoms with van der Waals surface area (Å²) in [5, 5.41) is -0.117. The summed E-state index contributed by atoms with van der Waals surface area (Å²) in [7, 11) is -3.06. The molecule has 0 unspecified atom stereocenters. The summed E-state index contributed by atoms with van der Waals surface area (Å²) in [6, 6.07) is 0. The van der Waals surface area contributed by atoms with Gasteiger partial charge in [-0.25, -0.2) is 13.2 Å². The first-order valence-electron chi connectivity index (χ1n) is 4.73. The number of aryl methyl sites for hydroxylation is 1. The highest BCUT2D eigenvalue weighted by Gasteiger charge is 2.43. The van der Waals surface area contributed by atoms with E-state index in [1.807, 2.05) is 0 Å². The van der Waals surface area contributed by atoms with E-state index in [-0.39, 0.29) is 11.0 Å². The fourth-order valence-corrected chi connectivity index (χ4v) is 1.67. The third kappa shape index (κ3) is 2.95. The minimum absolute atomic E-state index is 0.117. The third-order valence-corrected chi connectivity index (χ3v) is 3.36. The van der Waals surface area contributed by atoms with E-state index in [2.05, 4.69) is 0 Å². The summed E-state index contributed by atoms with van der Waals surface area (Å²) < 4.78 is 59.4. The van der Waals surface area contributed by atoms with Gasteiger partial charge in [0.05, 0.1) is 5.56 Å². The zero-order valence-corrected chi connectivity index (χ0v) is 10.6. The number of nitrogens with zero attached hydrogens (tertiary/aromatic N) is 2. The highest BCUT2D eigenvalue weighted by molar-refractivity contribution is 7.95. The van der Waals surface area contributed by atoms with Gasteiger partial charge in [-0.1, -0.05) is 0 Å². The largest absolute Gasteiger partial charge is 0.501 e. The SMILES string of the molecule is Cn1cc(/C=C/S(=O)(=O)C(F)(F)F)c(=O)n(C)c1=O. The van der Waals surface area contributed by atoms with Crippen molar-refractivity contribution in [3.8, 4) is 0 Å². The molecule has 0 aromatic carbocycles. The Hall–Kier alpha value is -1.84. The summed E-state index contributed by atoms with van der Waals surface area (Å²) in [6.07, 6.45) is 1.46. The molecule has 0 aliphatic rings. The maximum absolute atomic E-state index is 12.1. The van der Waals surface area contributed by atoms with Gasteiger partial charge in [0.2, 0.25) is 0 Å². The minimum Gasteiger partial charge on any atom is -0.303 e. The molecule has 0 bridgehead atoms. The summed E-state index contributed by atoms with van der Waals surface area (Å²) in [4.78, 5) is 22.8. The Morgan fingerprint density at radius 3 is 2.21 bits per heavy atom. The number of hydrogen-bond donors (Lipinski definition) is 0. The standard InChI is InChI=1S/C9H9F3N2O4S/c1-13-5-6(7(15)14(2)8(13)16)3-4-19(17,18)9(10,11)12/h3-5H,1-2H3/b4-3+. The summed E-state index contributed by atoms with van der Waals surface area (Å²) in [5.41, 5.74) is -7.36. The van der Waals surface area contributed by atoms with Crippen molar-refractivity contribution < 1.29 is 21.6 Å². The molecule has 1 aromatic heterocycles. The molecule has 10 heteroatoms. The molecule has 0 N–H and O–H groups in total. The molecule has 0 aliphatic heterocycles. The lowest BCUT2D eigenvalue weighted by Crippen LogP contribution is -2.37. The monoisotopic (exact) mass is 298 g/mol. The van der Waals surface area contributed by atoms with Gasteiger partial charge in [0.15, 0.2) is 0 Å². The highest BCUT2D eigenvalue weighted by Crippen LogP contribution is 2.24. The van der Waals surface area contributed by atoms with Gasteiger partial charge >= 0.3 is 11.2 Å². The Morgan fingerprint density at radius 2 is 1.74 bits per heavy atom. The number of aromatic nitrogens is 2. The molecule has 0 amide bonds. The van der Waals surface area contributed by atoms with Gasteiger partial charge in [-0.15, -0.1) is 0 Å². The highest BCUT2D eigenvalue weighted by atomic mass is 32.2. The van der Waals surface area contributed by atoms with Crippen LogP contribution in [0, 0.1) is 0 Å². The van der Waals surface area contributed by atoms with E-state index >= 15 is 0 Å². The Morgan fingerprint density at radius 1 is 1.21 bits per heavy atom. The van der Waals surface area contributed by atoms with Crippen LogP contribution in [0.3, 0.4) is 0 Å². The first-order chi connectivity index (χ1) is 8.47. The predicted octanol–water partition coefficient (Wildman–Crippen LogP) is -0.0107. The molecule has 0 saturated carbocycles. The molecule has 1 heterocycles. The Kier molecular flexibility index (Phi) is 3.75. The molecule has 0 fully saturated rings. The van der Waals surface area contributed by atoms with E-state index in [0.29, 0.717) is 10.6 Å². The number of sulfone groups is 1. The van der Waals surface area contributed by atoms with Crippen LogP contribution in [0.1, 0.15) is 5.56 Å². The van der Waals surface area contributed by atoms with Gasteiger partial charge in [0.1, 0.15) is 0 Å². The maximum atomic E-state index is 12.1. The quantitative estimate of drug-likeness (QED) is 0.769. The minimum atomic E-state index is -5.46. The number of hydrogen-bond acceptors (Lipinski definition) is 4. The Bertz CT molecular complexity index is 740. The molecule has 0 spiro atoms. The summed E-state index contributed by atoms with van der Waals surface area (Å²) >= 11 is 0. The lowest BCUT2D eigenvalue weighted by atomic mass is 10.3. The molecule has 0 saturated heterocycles. The van der Waals surface area contributed by atoms with Crippen LogP contribution in [-0.4, -0.2) is 23.1 Å². The van der Waals surface area contributed by atoms with Crippen molar-refractivity contribution >= 4 is 15.9 Å². The molecule has 1 aromatic rings. The average Bonchev–Trinajstić information content (AvgIpc) is 2.28. The first kappa shape index (κ1) is 15.2. The van der Waals surface area contributed by atoms with E-state index in [4.69, 9.17) is 0 Å². The van der Waals surface area contributed by atoms with Gasteiger partial charge in [-0.2, -0.15) is 13.2 Å². The van der Waals surface area contributed by atoms with Crippen molar-refractivity contribution in [3.05, 3.63) is 38.0 Å².